The first-order valence-electron chi connectivity index (χ1n) is 8.23. The number of nitrogens with one attached hydrogen (secondary N) is 1. The molecule has 118 valence electrons. The molecule has 1 fully saturated rings. The number of hydrogen-bond acceptors (Lipinski definition) is 1. The average molecular weight is 312 g/mol. The fourth-order valence-corrected chi connectivity index (χ4v) is 3.60. The lowest BCUT2D eigenvalue weighted by Gasteiger charge is -2.27. The van der Waals surface area contributed by atoms with Crippen LogP contribution < -0.4 is 5.32 Å². The summed E-state index contributed by atoms with van der Waals surface area (Å²) >= 11 is 6.21. The van der Waals surface area contributed by atoms with Crippen LogP contribution in [0.25, 0.3) is 0 Å². The van der Waals surface area contributed by atoms with Crippen molar-refractivity contribution in [3.8, 4) is 0 Å². The molecule has 0 amide bonds. The molecule has 21 heavy (non-hydrogen) atoms. The van der Waals surface area contributed by atoms with Gasteiger partial charge in [-0.1, -0.05) is 50.8 Å². The maximum atomic E-state index is 13.2. The lowest BCUT2D eigenvalue weighted by atomic mass is 9.83. The van der Waals surface area contributed by atoms with E-state index in [0.717, 1.165) is 18.5 Å². The summed E-state index contributed by atoms with van der Waals surface area (Å²) in [4.78, 5) is 0. The van der Waals surface area contributed by atoms with Crippen LogP contribution in [0.15, 0.2) is 18.2 Å². The fourth-order valence-electron chi connectivity index (χ4n) is 3.36. The lowest BCUT2D eigenvalue weighted by molar-refractivity contribution is 0.291. The Labute approximate surface area is 133 Å². The van der Waals surface area contributed by atoms with Crippen molar-refractivity contribution in [2.75, 3.05) is 6.54 Å². The first-order chi connectivity index (χ1) is 10.1. The van der Waals surface area contributed by atoms with Crippen LogP contribution in [0.4, 0.5) is 4.39 Å². The summed E-state index contributed by atoms with van der Waals surface area (Å²) < 4.78 is 13.2. The molecule has 2 unspecified atom stereocenters. The molecular weight excluding hydrogens is 285 g/mol. The summed E-state index contributed by atoms with van der Waals surface area (Å²) in [5, 5.41) is 4.17. The Bertz CT molecular complexity index is 447. The highest BCUT2D eigenvalue weighted by Crippen LogP contribution is 2.33. The van der Waals surface area contributed by atoms with Crippen molar-refractivity contribution in [1.29, 1.82) is 0 Å². The van der Waals surface area contributed by atoms with Gasteiger partial charge in [-0.3, -0.25) is 0 Å². The third-order valence-corrected chi connectivity index (χ3v) is 4.95. The molecule has 2 rings (SSSR count). The second-order valence-electron chi connectivity index (χ2n) is 6.66. The SMILES string of the molecule is CC(C)NCC1CCCCCC1Cc1ccc(F)cc1Cl. The molecule has 0 bridgehead atoms. The Kier molecular flexibility index (Phi) is 6.50. The molecule has 2 atom stereocenters. The lowest BCUT2D eigenvalue weighted by Crippen LogP contribution is -2.33. The molecule has 0 radical (unpaired) electrons. The van der Waals surface area contributed by atoms with E-state index in [1.807, 2.05) is 6.07 Å². The summed E-state index contributed by atoms with van der Waals surface area (Å²) in [6.45, 7) is 5.48. The van der Waals surface area contributed by atoms with Gasteiger partial charge in [-0.25, -0.2) is 4.39 Å². The van der Waals surface area contributed by atoms with E-state index in [9.17, 15) is 4.39 Å². The minimum Gasteiger partial charge on any atom is -0.314 e. The summed E-state index contributed by atoms with van der Waals surface area (Å²) in [5.41, 5.74) is 1.10. The second kappa shape index (κ2) is 8.14. The van der Waals surface area contributed by atoms with Crippen molar-refractivity contribution in [3.63, 3.8) is 0 Å². The largest absolute Gasteiger partial charge is 0.314 e. The number of halogens is 2. The van der Waals surface area contributed by atoms with E-state index < -0.39 is 0 Å². The van der Waals surface area contributed by atoms with Crippen molar-refractivity contribution >= 4 is 11.6 Å². The predicted octanol–water partition coefficient (Wildman–Crippen LogP) is 5.22. The normalized spacial score (nSPS) is 23.3. The van der Waals surface area contributed by atoms with Gasteiger partial charge >= 0.3 is 0 Å². The van der Waals surface area contributed by atoms with E-state index in [4.69, 9.17) is 11.6 Å². The summed E-state index contributed by atoms with van der Waals surface area (Å²) in [5.74, 6) is 1.11. The zero-order valence-corrected chi connectivity index (χ0v) is 13.9. The van der Waals surface area contributed by atoms with Gasteiger partial charge in [0.15, 0.2) is 0 Å². The standard InChI is InChI=1S/C18H27ClFN/c1-13(2)21-12-16-7-5-3-4-6-14(16)10-15-8-9-17(20)11-18(15)19/h8-9,11,13-14,16,21H,3-7,10,12H2,1-2H3. The predicted molar refractivity (Wildman–Crippen MR) is 88.3 cm³/mol. The monoisotopic (exact) mass is 311 g/mol. The van der Waals surface area contributed by atoms with Gasteiger partial charge in [0.1, 0.15) is 5.82 Å². The quantitative estimate of drug-likeness (QED) is 0.735. The van der Waals surface area contributed by atoms with Crippen LogP contribution in [-0.4, -0.2) is 12.6 Å². The Hall–Kier alpha value is -0.600. The molecule has 3 heteroatoms. The highest BCUT2D eigenvalue weighted by Gasteiger charge is 2.24. The Morgan fingerprint density at radius 1 is 1.19 bits per heavy atom. The van der Waals surface area contributed by atoms with E-state index in [1.165, 1.54) is 44.2 Å². The first kappa shape index (κ1) is 16.8. The van der Waals surface area contributed by atoms with Crippen LogP contribution in [0.2, 0.25) is 5.02 Å². The minimum atomic E-state index is -0.248. The van der Waals surface area contributed by atoms with Gasteiger partial charge in [-0.2, -0.15) is 0 Å². The molecule has 1 aromatic rings. The van der Waals surface area contributed by atoms with Gasteiger partial charge in [0, 0.05) is 11.1 Å². The highest BCUT2D eigenvalue weighted by molar-refractivity contribution is 6.31. The maximum absolute atomic E-state index is 13.2. The van der Waals surface area contributed by atoms with Crippen molar-refractivity contribution in [1.82, 2.24) is 5.32 Å². The molecule has 1 saturated carbocycles. The maximum Gasteiger partial charge on any atom is 0.124 e. The summed E-state index contributed by atoms with van der Waals surface area (Å²) in [6, 6.07) is 5.35. The zero-order chi connectivity index (χ0) is 15.2. The summed E-state index contributed by atoms with van der Waals surface area (Å²) in [7, 11) is 0. The van der Waals surface area contributed by atoms with Gasteiger partial charge in [-0.05, 0) is 55.3 Å². The minimum absolute atomic E-state index is 0.248. The van der Waals surface area contributed by atoms with Crippen LogP contribution in [0.1, 0.15) is 51.5 Å². The van der Waals surface area contributed by atoms with Crippen LogP contribution in [0.3, 0.4) is 0 Å². The molecule has 0 spiro atoms. The van der Waals surface area contributed by atoms with Crippen LogP contribution >= 0.6 is 11.6 Å². The molecular formula is C18H27ClFN. The van der Waals surface area contributed by atoms with Crippen LogP contribution in [0, 0.1) is 17.7 Å². The number of benzene rings is 1. The molecule has 1 N–H and O–H groups in total. The third kappa shape index (κ3) is 5.27. The third-order valence-electron chi connectivity index (χ3n) is 4.60. The van der Waals surface area contributed by atoms with Crippen molar-refractivity contribution in [2.24, 2.45) is 11.8 Å². The molecule has 0 heterocycles. The van der Waals surface area contributed by atoms with E-state index in [2.05, 4.69) is 19.2 Å². The molecule has 1 aliphatic rings. The molecule has 0 saturated heterocycles. The van der Waals surface area contributed by atoms with Gasteiger partial charge in [0.05, 0.1) is 0 Å². The van der Waals surface area contributed by atoms with Crippen molar-refractivity contribution in [3.05, 3.63) is 34.6 Å². The zero-order valence-electron chi connectivity index (χ0n) is 13.2. The second-order valence-corrected chi connectivity index (χ2v) is 7.07. The average Bonchev–Trinajstić information content (AvgIpc) is 2.65. The Morgan fingerprint density at radius 3 is 2.57 bits per heavy atom. The van der Waals surface area contributed by atoms with Gasteiger partial charge < -0.3 is 5.32 Å². The Balaban J connectivity index is 2.05. The summed E-state index contributed by atoms with van der Waals surface area (Å²) in [6.07, 6.45) is 7.51. The Morgan fingerprint density at radius 2 is 1.90 bits per heavy atom. The van der Waals surface area contributed by atoms with E-state index in [0.29, 0.717) is 22.9 Å². The van der Waals surface area contributed by atoms with E-state index in [-0.39, 0.29) is 5.82 Å². The van der Waals surface area contributed by atoms with Crippen LogP contribution in [-0.2, 0) is 6.42 Å². The molecule has 0 aliphatic heterocycles. The van der Waals surface area contributed by atoms with Gasteiger partial charge in [-0.15, -0.1) is 0 Å². The van der Waals surface area contributed by atoms with E-state index in [1.54, 1.807) is 0 Å². The molecule has 1 aromatic carbocycles. The van der Waals surface area contributed by atoms with Crippen molar-refractivity contribution in [2.45, 2.75) is 58.4 Å². The number of rotatable bonds is 5. The van der Waals surface area contributed by atoms with Gasteiger partial charge in [0.2, 0.25) is 0 Å². The first-order valence-corrected chi connectivity index (χ1v) is 8.61. The van der Waals surface area contributed by atoms with Crippen LogP contribution in [0.5, 0.6) is 0 Å². The van der Waals surface area contributed by atoms with Gasteiger partial charge in [0.25, 0.3) is 0 Å². The highest BCUT2D eigenvalue weighted by atomic mass is 35.5. The van der Waals surface area contributed by atoms with E-state index >= 15 is 0 Å². The molecule has 1 aliphatic carbocycles. The fraction of sp³-hybridized carbons (Fsp3) is 0.667. The number of hydrogen-bond donors (Lipinski definition) is 1. The van der Waals surface area contributed by atoms with Crippen molar-refractivity contribution < 1.29 is 4.39 Å². The molecule has 0 aromatic heterocycles. The smallest absolute Gasteiger partial charge is 0.124 e. The topological polar surface area (TPSA) is 12.0 Å². The molecule has 1 nitrogen and oxygen atoms in total.